The first-order valence-electron chi connectivity index (χ1n) is 11.3. The van der Waals surface area contributed by atoms with Crippen molar-refractivity contribution in [3.8, 4) is 0 Å². The van der Waals surface area contributed by atoms with Gasteiger partial charge in [0, 0.05) is 5.56 Å². The van der Waals surface area contributed by atoms with Gasteiger partial charge in [-0.2, -0.15) is 13.2 Å². The molecule has 0 spiro atoms. The van der Waals surface area contributed by atoms with Crippen LogP contribution in [0, 0.1) is 0 Å². The third kappa shape index (κ3) is 4.82. The van der Waals surface area contributed by atoms with Crippen molar-refractivity contribution in [2.45, 2.75) is 76.8 Å². The molecular formula is C25H29BF3NO3. The fraction of sp³-hybridized carbons (Fsp3) is 0.480. The number of carbonyl (C=O) groups excluding carboxylic acids is 1. The van der Waals surface area contributed by atoms with E-state index in [9.17, 15) is 18.0 Å². The molecular weight excluding hydrogens is 430 g/mol. The minimum Gasteiger partial charge on any atom is -0.399 e. The summed E-state index contributed by atoms with van der Waals surface area (Å²) in [6, 6.07) is 10.0. The van der Waals surface area contributed by atoms with Crippen molar-refractivity contribution in [3.05, 3.63) is 64.7 Å². The first kappa shape index (κ1) is 23.8. The van der Waals surface area contributed by atoms with Crippen LogP contribution in [0.5, 0.6) is 0 Å². The molecule has 1 atom stereocenters. The maximum atomic E-state index is 13.0. The van der Waals surface area contributed by atoms with E-state index in [0.29, 0.717) is 5.92 Å². The molecule has 1 amide bonds. The highest BCUT2D eigenvalue weighted by molar-refractivity contribution is 6.62. The summed E-state index contributed by atoms with van der Waals surface area (Å²) >= 11 is 0. The largest absolute Gasteiger partial charge is 0.495 e. The molecule has 8 heteroatoms. The summed E-state index contributed by atoms with van der Waals surface area (Å²) < 4.78 is 51.6. The van der Waals surface area contributed by atoms with Crippen LogP contribution in [0.15, 0.2) is 42.5 Å². The Bertz CT molecular complexity index is 1050. The topological polar surface area (TPSA) is 47.6 Å². The summed E-state index contributed by atoms with van der Waals surface area (Å²) in [6.07, 6.45) is -2.26. The highest BCUT2D eigenvalue weighted by Gasteiger charge is 2.52. The fourth-order valence-electron chi connectivity index (χ4n) is 4.00. The van der Waals surface area contributed by atoms with E-state index in [0.717, 1.165) is 36.0 Å². The molecule has 0 unspecified atom stereocenters. The van der Waals surface area contributed by atoms with Crippen molar-refractivity contribution in [1.29, 1.82) is 0 Å². The summed E-state index contributed by atoms with van der Waals surface area (Å²) in [4.78, 5) is 12.7. The Hall–Kier alpha value is -2.32. The van der Waals surface area contributed by atoms with Gasteiger partial charge >= 0.3 is 13.3 Å². The number of rotatable bonds is 5. The first-order chi connectivity index (χ1) is 15.3. The number of hydrogen-bond donors (Lipinski definition) is 1. The number of hydrogen-bond acceptors (Lipinski definition) is 3. The van der Waals surface area contributed by atoms with Gasteiger partial charge in [-0.3, -0.25) is 4.79 Å². The van der Waals surface area contributed by atoms with E-state index >= 15 is 0 Å². The molecule has 1 saturated heterocycles. The van der Waals surface area contributed by atoms with Crippen LogP contribution in [-0.4, -0.2) is 24.2 Å². The summed E-state index contributed by atoms with van der Waals surface area (Å²) in [5, 5.41) is 2.82. The number of carbonyl (C=O) groups is 1. The molecule has 1 heterocycles. The smallest absolute Gasteiger partial charge is 0.399 e. The maximum absolute atomic E-state index is 13.0. The van der Waals surface area contributed by atoms with Crippen molar-refractivity contribution in [2.24, 2.45) is 0 Å². The summed E-state index contributed by atoms with van der Waals surface area (Å²) in [7, 11) is -0.517. The molecule has 4 nitrogen and oxygen atoms in total. The van der Waals surface area contributed by atoms with E-state index in [2.05, 4.69) is 11.4 Å². The van der Waals surface area contributed by atoms with Gasteiger partial charge in [0.05, 0.1) is 22.8 Å². The lowest BCUT2D eigenvalue weighted by Crippen LogP contribution is -2.41. The number of amides is 1. The van der Waals surface area contributed by atoms with Gasteiger partial charge in [-0.05, 0) is 88.2 Å². The van der Waals surface area contributed by atoms with Crippen LogP contribution < -0.4 is 10.8 Å². The third-order valence-electron chi connectivity index (χ3n) is 6.93. The zero-order valence-corrected chi connectivity index (χ0v) is 19.5. The Morgan fingerprint density at radius 2 is 1.70 bits per heavy atom. The van der Waals surface area contributed by atoms with E-state index in [4.69, 9.17) is 9.31 Å². The fourth-order valence-corrected chi connectivity index (χ4v) is 4.00. The quantitative estimate of drug-likeness (QED) is 0.612. The zero-order valence-electron chi connectivity index (χ0n) is 19.5. The molecule has 4 rings (SSSR count). The molecule has 2 aliphatic rings. The van der Waals surface area contributed by atoms with Crippen molar-refractivity contribution in [2.75, 3.05) is 0 Å². The van der Waals surface area contributed by atoms with Gasteiger partial charge in [0.2, 0.25) is 0 Å². The second kappa shape index (κ2) is 8.17. The van der Waals surface area contributed by atoms with Gasteiger partial charge in [0.15, 0.2) is 0 Å². The molecule has 1 aliphatic carbocycles. The zero-order chi connectivity index (χ0) is 24.2. The van der Waals surface area contributed by atoms with Crippen LogP contribution in [0.1, 0.15) is 86.5 Å². The van der Waals surface area contributed by atoms with Crippen LogP contribution in [0.4, 0.5) is 13.2 Å². The Morgan fingerprint density at radius 1 is 1.06 bits per heavy atom. The Morgan fingerprint density at radius 3 is 2.27 bits per heavy atom. The van der Waals surface area contributed by atoms with Crippen LogP contribution in [0.3, 0.4) is 0 Å². The van der Waals surface area contributed by atoms with Crippen molar-refractivity contribution >= 4 is 18.5 Å². The van der Waals surface area contributed by atoms with E-state index < -0.39 is 42.0 Å². The van der Waals surface area contributed by atoms with Crippen LogP contribution in [0.25, 0.3) is 0 Å². The average Bonchev–Trinajstić information content (AvgIpc) is 3.54. The second-order valence-electron chi connectivity index (χ2n) is 10.0. The number of alkyl halides is 3. The van der Waals surface area contributed by atoms with Crippen LogP contribution >= 0.6 is 0 Å². The highest BCUT2D eigenvalue weighted by Crippen LogP contribution is 2.42. The van der Waals surface area contributed by atoms with Crippen molar-refractivity contribution in [3.63, 3.8) is 0 Å². The standard InChI is InChI=1S/C25H29BF3NO3/c1-15(30-22(31)18-7-6-8-19(13-18)25(27,28)29)17-11-12-20(16-9-10-16)21(14-17)26-32-23(2,3)24(4,5)33-26/h6-8,11-16H,9-10H2,1-5H3,(H,30,31)/t15-/m0/s1. The Labute approximate surface area is 193 Å². The van der Waals surface area contributed by atoms with Crippen LogP contribution in [0.2, 0.25) is 0 Å². The summed E-state index contributed by atoms with van der Waals surface area (Å²) in [6.45, 7) is 9.83. The molecule has 0 radical (unpaired) electrons. The molecule has 33 heavy (non-hydrogen) atoms. The molecule has 1 aliphatic heterocycles. The second-order valence-corrected chi connectivity index (χ2v) is 10.0. The lowest BCUT2D eigenvalue weighted by molar-refractivity contribution is -0.137. The number of nitrogens with one attached hydrogen (secondary N) is 1. The molecule has 0 bridgehead atoms. The van der Waals surface area contributed by atoms with Gasteiger partial charge in [0.25, 0.3) is 5.91 Å². The SMILES string of the molecule is C[C@H](NC(=O)c1cccc(C(F)(F)F)c1)c1ccc(C2CC2)c(B2OC(C)(C)C(C)(C)O2)c1. The Kier molecular flexibility index (Phi) is 5.90. The predicted octanol–water partition coefficient (Wildman–Crippen LogP) is 5.37. The summed E-state index contributed by atoms with van der Waals surface area (Å²) in [5.74, 6) is -0.0832. The number of halogens is 3. The third-order valence-corrected chi connectivity index (χ3v) is 6.93. The average molecular weight is 459 g/mol. The highest BCUT2D eigenvalue weighted by atomic mass is 19.4. The minimum absolute atomic E-state index is 0.0301. The molecule has 2 aromatic rings. The van der Waals surface area contributed by atoms with Crippen molar-refractivity contribution < 1.29 is 27.3 Å². The van der Waals surface area contributed by atoms with E-state index in [1.807, 2.05) is 46.8 Å². The Balaban J connectivity index is 1.57. The molecule has 176 valence electrons. The van der Waals surface area contributed by atoms with E-state index in [-0.39, 0.29) is 5.56 Å². The van der Waals surface area contributed by atoms with Gasteiger partial charge in [0.1, 0.15) is 0 Å². The normalized spacial score (nSPS) is 20.5. The monoisotopic (exact) mass is 459 g/mol. The summed E-state index contributed by atoms with van der Waals surface area (Å²) in [5.41, 5.74) is 1.15. The van der Waals surface area contributed by atoms with E-state index in [1.54, 1.807) is 0 Å². The van der Waals surface area contributed by atoms with Gasteiger partial charge in [-0.15, -0.1) is 0 Å². The minimum atomic E-state index is -4.50. The van der Waals surface area contributed by atoms with Gasteiger partial charge in [-0.25, -0.2) is 0 Å². The van der Waals surface area contributed by atoms with Gasteiger partial charge in [-0.1, -0.05) is 24.3 Å². The van der Waals surface area contributed by atoms with Crippen LogP contribution in [-0.2, 0) is 15.5 Å². The maximum Gasteiger partial charge on any atom is 0.495 e. The molecule has 2 aromatic carbocycles. The lowest BCUT2D eigenvalue weighted by Gasteiger charge is -2.32. The molecule has 1 saturated carbocycles. The van der Waals surface area contributed by atoms with Crippen molar-refractivity contribution in [1.82, 2.24) is 5.32 Å². The molecule has 2 fully saturated rings. The predicted molar refractivity (Wildman–Crippen MR) is 121 cm³/mol. The van der Waals surface area contributed by atoms with Gasteiger partial charge < -0.3 is 14.6 Å². The molecule has 0 aromatic heterocycles. The lowest BCUT2D eigenvalue weighted by atomic mass is 9.73. The first-order valence-corrected chi connectivity index (χ1v) is 11.3. The molecule has 1 N–H and O–H groups in total. The van der Waals surface area contributed by atoms with E-state index in [1.165, 1.54) is 17.7 Å². The number of benzene rings is 2.